The fraction of sp³-hybridized carbons (Fsp3) is 0.348. The summed E-state index contributed by atoms with van der Waals surface area (Å²) >= 11 is 1.41. The lowest BCUT2D eigenvalue weighted by Gasteiger charge is -2.43. The molecule has 4 heterocycles. The van der Waals surface area contributed by atoms with Gasteiger partial charge in [-0.15, -0.1) is 11.3 Å². The first-order chi connectivity index (χ1) is 14.6. The van der Waals surface area contributed by atoms with Gasteiger partial charge in [0.1, 0.15) is 0 Å². The van der Waals surface area contributed by atoms with Crippen LogP contribution >= 0.6 is 11.3 Å². The highest BCUT2D eigenvalue weighted by Crippen LogP contribution is 2.36. The zero-order valence-electron chi connectivity index (χ0n) is 16.7. The molecule has 2 bridgehead atoms. The van der Waals surface area contributed by atoms with E-state index in [1.54, 1.807) is 6.07 Å². The molecule has 3 aromatic rings. The second-order valence-electron chi connectivity index (χ2n) is 8.26. The number of fused-ring (bicyclic) bond motifs is 4. The van der Waals surface area contributed by atoms with Crippen molar-refractivity contribution < 1.29 is 4.79 Å². The Balaban J connectivity index is 1.36. The van der Waals surface area contributed by atoms with Gasteiger partial charge >= 0.3 is 0 Å². The van der Waals surface area contributed by atoms with Gasteiger partial charge in [0.15, 0.2) is 5.13 Å². The van der Waals surface area contributed by atoms with E-state index in [0.29, 0.717) is 37.0 Å². The molecular weight excluding hydrogens is 396 g/mol. The summed E-state index contributed by atoms with van der Waals surface area (Å²) < 4.78 is 1.92. The van der Waals surface area contributed by atoms with Crippen molar-refractivity contribution in [1.82, 2.24) is 14.5 Å². The van der Waals surface area contributed by atoms with Crippen LogP contribution in [0.1, 0.15) is 30.1 Å². The number of rotatable bonds is 4. The van der Waals surface area contributed by atoms with Crippen LogP contribution in [-0.2, 0) is 17.8 Å². The number of likely N-dealkylation sites (tertiary alicyclic amines) is 1. The summed E-state index contributed by atoms with van der Waals surface area (Å²) in [4.78, 5) is 31.9. The highest BCUT2D eigenvalue weighted by molar-refractivity contribution is 7.13. The number of nitrogen functional groups attached to an aromatic ring is 1. The second kappa shape index (κ2) is 7.72. The van der Waals surface area contributed by atoms with Crippen molar-refractivity contribution in [3.8, 4) is 11.1 Å². The Morgan fingerprint density at radius 1 is 1.13 bits per heavy atom. The van der Waals surface area contributed by atoms with E-state index >= 15 is 0 Å². The molecule has 0 radical (unpaired) electrons. The molecule has 1 fully saturated rings. The topological polar surface area (TPSA) is 81.2 Å². The molecule has 6 nitrogen and oxygen atoms in total. The fourth-order valence-electron chi connectivity index (χ4n) is 4.79. The van der Waals surface area contributed by atoms with Crippen molar-refractivity contribution in [3.63, 3.8) is 0 Å². The molecule has 2 aliphatic heterocycles. The predicted molar refractivity (Wildman–Crippen MR) is 118 cm³/mol. The summed E-state index contributed by atoms with van der Waals surface area (Å²) in [6, 6.07) is 13.9. The number of nitrogens with zero attached hydrogens (tertiary/aromatic N) is 3. The van der Waals surface area contributed by atoms with Gasteiger partial charge < -0.3 is 15.2 Å². The molecule has 0 unspecified atom stereocenters. The Morgan fingerprint density at radius 2 is 1.97 bits per heavy atom. The highest BCUT2D eigenvalue weighted by Gasteiger charge is 2.36. The molecule has 1 saturated heterocycles. The van der Waals surface area contributed by atoms with E-state index < -0.39 is 0 Å². The second-order valence-corrected chi connectivity index (χ2v) is 9.15. The Kier molecular flexibility index (Phi) is 4.90. The first-order valence-electron chi connectivity index (χ1n) is 10.3. The number of piperidine rings is 1. The minimum absolute atomic E-state index is 0.0574. The first-order valence-corrected chi connectivity index (χ1v) is 11.2. The zero-order valence-corrected chi connectivity index (χ0v) is 17.5. The summed E-state index contributed by atoms with van der Waals surface area (Å²) in [5.41, 5.74) is 9.68. The average molecular weight is 421 g/mol. The van der Waals surface area contributed by atoms with Crippen molar-refractivity contribution in [3.05, 3.63) is 69.6 Å². The molecule has 7 heteroatoms. The average Bonchev–Trinajstić information content (AvgIpc) is 3.18. The summed E-state index contributed by atoms with van der Waals surface area (Å²) in [7, 11) is 0. The van der Waals surface area contributed by atoms with Gasteiger partial charge in [-0.25, -0.2) is 4.98 Å². The molecule has 1 amide bonds. The number of amides is 1. The third kappa shape index (κ3) is 3.65. The molecular formula is C23H24N4O2S. The standard InChI is InChI=1S/C23H24N4O2S/c24-23-25-19(14-30-23)6-7-21(28)26-11-15-8-18(13-26)20-9-17(10-22(29)27(20)12-15)16-4-2-1-3-5-16/h1-5,9-10,14-15,18H,6-8,11-13H2,(H2,24,25)/t15-,18+/m0/s1. The van der Waals surface area contributed by atoms with Crippen molar-refractivity contribution in [2.45, 2.75) is 31.7 Å². The Bertz CT molecular complexity index is 1140. The SMILES string of the molecule is Nc1nc(CCC(=O)N2C[C@@H]3C[C@H](C2)c2cc(-c4ccccc4)cc(=O)n2C3)cs1. The van der Waals surface area contributed by atoms with Crippen molar-refractivity contribution >= 4 is 22.4 Å². The third-order valence-electron chi connectivity index (χ3n) is 6.18. The third-order valence-corrected chi connectivity index (χ3v) is 6.90. The highest BCUT2D eigenvalue weighted by atomic mass is 32.1. The smallest absolute Gasteiger partial charge is 0.251 e. The van der Waals surface area contributed by atoms with Crippen LogP contribution in [0.5, 0.6) is 0 Å². The van der Waals surface area contributed by atoms with Gasteiger partial charge in [0.05, 0.1) is 5.69 Å². The van der Waals surface area contributed by atoms with E-state index in [4.69, 9.17) is 5.73 Å². The summed E-state index contributed by atoms with van der Waals surface area (Å²) in [5, 5.41) is 2.46. The predicted octanol–water partition coefficient (Wildman–Crippen LogP) is 3.13. The lowest BCUT2D eigenvalue weighted by atomic mass is 9.82. The van der Waals surface area contributed by atoms with E-state index in [-0.39, 0.29) is 17.4 Å². The van der Waals surface area contributed by atoms with Gasteiger partial charge in [-0.1, -0.05) is 30.3 Å². The van der Waals surface area contributed by atoms with Gasteiger partial charge in [0.2, 0.25) is 5.91 Å². The summed E-state index contributed by atoms with van der Waals surface area (Å²) in [5.74, 6) is 0.689. The number of carbonyl (C=O) groups is 1. The summed E-state index contributed by atoms with van der Waals surface area (Å²) in [6.07, 6.45) is 2.09. The van der Waals surface area contributed by atoms with Crippen molar-refractivity contribution in [2.24, 2.45) is 5.92 Å². The van der Waals surface area contributed by atoms with Gasteiger partial charge in [-0.3, -0.25) is 9.59 Å². The zero-order chi connectivity index (χ0) is 20.7. The number of thiazole rings is 1. The van der Waals surface area contributed by atoms with E-state index in [0.717, 1.165) is 35.5 Å². The molecule has 0 spiro atoms. The molecule has 2 aromatic heterocycles. The number of benzene rings is 1. The number of anilines is 1. The maximum Gasteiger partial charge on any atom is 0.251 e. The maximum atomic E-state index is 12.9. The lowest BCUT2D eigenvalue weighted by molar-refractivity contribution is -0.133. The Morgan fingerprint density at radius 3 is 2.73 bits per heavy atom. The largest absolute Gasteiger partial charge is 0.375 e. The van der Waals surface area contributed by atoms with Crippen LogP contribution in [0.2, 0.25) is 0 Å². The Hall–Kier alpha value is -2.93. The minimum Gasteiger partial charge on any atom is -0.375 e. The van der Waals surface area contributed by atoms with Crippen LogP contribution in [0.15, 0.2) is 52.6 Å². The van der Waals surface area contributed by atoms with Crippen molar-refractivity contribution in [1.29, 1.82) is 0 Å². The molecule has 1 aromatic carbocycles. The molecule has 0 saturated carbocycles. The molecule has 30 heavy (non-hydrogen) atoms. The van der Waals surface area contributed by atoms with Crippen molar-refractivity contribution in [2.75, 3.05) is 18.8 Å². The quantitative estimate of drug-likeness (QED) is 0.703. The number of hydrogen-bond donors (Lipinski definition) is 1. The van der Waals surface area contributed by atoms with Gasteiger partial charge in [0.25, 0.3) is 5.56 Å². The van der Waals surface area contributed by atoms with Gasteiger partial charge in [0, 0.05) is 49.1 Å². The number of aryl methyl sites for hydroxylation is 1. The summed E-state index contributed by atoms with van der Waals surface area (Å²) in [6.45, 7) is 2.08. The fourth-order valence-corrected chi connectivity index (χ4v) is 5.39. The van der Waals surface area contributed by atoms with Crippen LogP contribution in [0.4, 0.5) is 5.13 Å². The minimum atomic E-state index is 0.0574. The number of nitrogens with two attached hydrogens (primary N) is 1. The lowest BCUT2D eigenvalue weighted by Crippen LogP contribution is -2.49. The Labute approximate surface area is 179 Å². The molecule has 154 valence electrons. The van der Waals surface area contributed by atoms with E-state index in [9.17, 15) is 9.59 Å². The maximum absolute atomic E-state index is 12.9. The molecule has 2 N–H and O–H groups in total. The van der Waals surface area contributed by atoms with Crippen LogP contribution < -0.4 is 11.3 Å². The number of carbonyl (C=O) groups excluding carboxylic acids is 1. The molecule has 2 atom stereocenters. The van der Waals surface area contributed by atoms with E-state index in [1.165, 1.54) is 11.3 Å². The normalized spacial score (nSPS) is 20.1. The number of aromatic nitrogens is 2. The van der Waals surface area contributed by atoms with Crippen LogP contribution in [0.25, 0.3) is 11.1 Å². The number of pyridine rings is 1. The first kappa shape index (κ1) is 19.1. The number of hydrogen-bond acceptors (Lipinski definition) is 5. The van der Waals surface area contributed by atoms with Crippen LogP contribution in [-0.4, -0.2) is 33.4 Å². The van der Waals surface area contributed by atoms with Crippen LogP contribution in [0, 0.1) is 5.92 Å². The molecule has 5 rings (SSSR count). The van der Waals surface area contributed by atoms with Gasteiger partial charge in [-0.2, -0.15) is 0 Å². The van der Waals surface area contributed by atoms with E-state index in [1.807, 2.05) is 45.2 Å². The van der Waals surface area contributed by atoms with Crippen LogP contribution in [0.3, 0.4) is 0 Å². The molecule has 2 aliphatic rings. The molecule has 0 aliphatic carbocycles. The van der Waals surface area contributed by atoms with Gasteiger partial charge in [-0.05, 0) is 36.0 Å². The monoisotopic (exact) mass is 420 g/mol. The van der Waals surface area contributed by atoms with E-state index in [2.05, 4.69) is 11.1 Å².